The Kier molecular flexibility index (Phi) is 5.26. The van der Waals surface area contributed by atoms with Gasteiger partial charge >= 0.3 is 5.97 Å². The van der Waals surface area contributed by atoms with Gasteiger partial charge in [-0.3, -0.25) is 0 Å². The number of sulfonamides is 1. The summed E-state index contributed by atoms with van der Waals surface area (Å²) in [7, 11) is -1.20. The number of carbonyl (C=O) groups is 1. The summed E-state index contributed by atoms with van der Waals surface area (Å²) in [4.78, 5) is 11.6. The molecule has 2 N–H and O–H groups in total. The van der Waals surface area contributed by atoms with Gasteiger partial charge < -0.3 is 14.8 Å². The van der Waals surface area contributed by atoms with Crippen molar-refractivity contribution in [3.63, 3.8) is 0 Å². The minimum atomic E-state index is -3.81. The molecule has 138 valence electrons. The van der Waals surface area contributed by atoms with E-state index in [0.717, 1.165) is 18.7 Å². The second-order valence-corrected chi connectivity index (χ2v) is 7.62. The molecule has 0 radical (unpaired) electrons. The highest BCUT2D eigenvalue weighted by Crippen LogP contribution is 2.26. The molecule has 0 aliphatic carbocycles. The molecule has 0 aromatic heterocycles. The van der Waals surface area contributed by atoms with Crippen LogP contribution in [-0.2, 0) is 34.4 Å². The van der Waals surface area contributed by atoms with Gasteiger partial charge in [0, 0.05) is 19.6 Å². The lowest BCUT2D eigenvalue weighted by atomic mass is 10.1. The van der Waals surface area contributed by atoms with Gasteiger partial charge in [-0.1, -0.05) is 18.2 Å². The third-order valence-corrected chi connectivity index (χ3v) is 5.68. The fourth-order valence-corrected chi connectivity index (χ4v) is 4.02. The van der Waals surface area contributed by atoms with Crippen molar-refractivity contribution in [1.82, 2.24) is 10.0 Å². The van der Waals surface area contributed by atoms with Crippen molar-refractivity contribution in [3.8, 4) is 5.75 Å². The number of methoxy groups -OCH3 is 2. The molecule has 0 amide bonds. The summed E-state index contributed by atoms with van der Waals surface area (Å²) in [5.74, 6) is -0.481. The smallest absolute Gasteiger partial charge is 0.337 e. The molecule has 0 spiro atoms. The average Bonchev–Trinajstić information content (AvgIpc) is 3.13. The molecule has 0 saturated carbocycles. The van der Waals surface area contributed by atoms with Crippen LogP contribution in [0.5, 0.6) is 5.75 Å². The molecule has 0 unspecified atom stereocenters. The fraction of sp³-hybridized carbons (Fsp3) is 0.278. The summed E-state index contributed by atoms with van der Waals surface area (Å²) < 4.78 is 37.7. The van der Waals surface area contributed by atoms with E-state index in [1.165, 1.54) is 43.5 Å². The number of nitrogens with one attached hydrogen (secondary N) is 2. The van der Waals surface area contributed by atoms with Crippen molar-refractivity contribution in [3.05, 3.63) is 58.7 Å². The first-order chi connectivity index (χ1) is 12.4. The standard InChI is InChI=1S/C18H20N2O5S/c1-24-16-8-13(18(21)25-2)5-6-17(16)26(22,23)20-9-12-3-4-14-10-19-11-15(14)7-12/h3-8,19-20H,9-11H2,1-2H3. The van der Waals surface area contributed by atoms with Gasteiger partial charge in [-0.05, 0) is 34.9 Å². The minimum Gasteiger partial charge on any atom is -0.495 e. The molecule has 0 atom stereocenters. The molecule has 1 aliphatic rings. The highest BCUT2D eigenvalue weighted by Gasteiger charge is 2.21. The number of fused-ring (bicyclic) bond motifs is 1. The number of esters is 1. The molecule has 7 nitrogen and oxygen atoms in total. The van der Waals surface area contributed by atoms with E-state index < -0.39 is 16.0 Å². The molecule has 2 aromatic rings. The van der Waals surface area contributed by atoms with E-state index in [0.29, 0.717) is 0 Å². The van der Waals surface area contributed by atoms with Crippen molar-refractivity contribution < 1.29 is 22.7 Å². The zero-order valence-corrected chi connectivity index (χ0v) is 15.4. The van der Waals surface area contributed by atoms with Crippen molar-refractivity contribution >= 4 is 16.0 Å². The lowest BCUT2D eigenvalue weighted by molar-refractivity contribution is 0.0600. The second kappa shape index (κ2) is 7.45. The molecule has 0 bridgehead atoms. The first-order valence-electron chi connectivity index (χ1n) is 8.02. The number of carbonyl (C=O) groups excluding carboxylic acids is 1. The summed E-state index contributed by atoms with van der Waals surface area (Å²) in [6, 6.07) is 9.98. The topological polar surface area (TPSA) is 93.7 Å². The molecule has 26 heavy (non-hydrogen) atoms. The Morgan fingerprint density at radius 1 is 1.12 bits per heavy atom. The van der Waals surface area contributed by atoms with E-state index in [-0.39, 0.29) is 22.8 Å². The first-order valence-corrected chi connectivity index (χ1v) is 9.50. The predicted molar refractivity (Wildman–Crippen MR) is 95.3 cm³/mol. The molecule has 0 saturated heterocycles. The van der Waals surface area contributed by atoms with E-state index in [1.54, 1.807) is 0 Å². The highest BCUT2D eigenvalue weighted by molar-refractivity contribution is 7.89. The SMILES string of the molecule is COC(=O)c1ccc(S(=O)(=O)NCc2ccc3c(c2)CNC3)c(OC)c1. The van der Waals surface area contributed by atoms with Gasteiger partial charge in [0.25, 0.3) is 0 Å². The van der Waals surface area contributed by atoms with Crippen LogP contribution in [0, 0.1) is 0 Å². The Labute approximate surface area is 152 Å². The van der Waals surface area contributed by atoms with Gasteiger partial charge in [-0.2, -0.15) is 0 Å². The van der Waals surface area contributed by atoms with Gasteiger partial charge in [-0.25, -0.2) is 17.9 Å². The van der Waals surface area contributed by atoms with Crippen molar-refractivity contribution in [1.29, 1.82) is 0 Å². The van der Waals surface area contributed by atoms with Crippen LogP contribution in [0.2, 0.25) is 0 Å². The predicted octanol–water partition coefficient (Wildman–Crippen LogP) is 1.56. The first kappa shape index (κ1) is 18.4. The quantitative estimate of drug-likeness (QED) is 0.743. The Bertz CT molecular complexity index is 941. The molecular formula is C18H20N2O5S. The number of hydrogen-bond acceptors (Lipinski definition) is 6. The monoisotopic (exact) mass is 376 g/mol. The van der Waals surface area contributed by atoms with E-state index >= 15 is 0 Å². The molecule has 1 heterocycles. The molecule has 3 rings (SSSR count). The highest BCUT2D eigenvalue weighted by atomic mass is 32.2. The molecule has 1 aliphatic heterocycles. The number of ether oxygens (including phenoxy) is 2. The molecular weight excluding hydrogens is 356 g/mol. The Morgan fingerprint density at radius 2 is 1.88 bits per heavy atom. The summed E-state index contributed by atoms with van der Waals surface area (Å²) in [5, 5.41) is 3.25. The Balaban J connectivity index is 1.80. The van der Waals surface area contributed by atoms with Crippen molar-refractivity contribution in [2.75, 3.05) is 14.2 Å². The Morgan fingerprint density at radius 3 is 2.62 bits per heavy atom. The maximum absolute atomic E-state index is 12.7. The van der Waals surface area contributed by atoms with Crippen LogP contribution in [0.3, 0.4) is 0 Å². The van der Waals surface area contributed by atoms with Crippen molar-refractivity contribution in [2.24, 2.45) is 0 Å². The van der Waals surface area contributed by atoms with Crippen LogP contribution < -0.4 is 14.8 Å². The maximum Gasteiger partial charge on any atom is 0.337 e. The van der Waals surface area contributed by atoms with Crippen LogP contribution in [0.25, 0.3) is 0 Å². The normalized spacial score (nSPS) is 13.3. The summed E-state index contributed by atoms with van der Waals surface area (Å²) in [6.45, 7) is 1.79. The van der Waals surface area contributed by atoms with Gasteiger partial charge in [0.1, 0.15) is 10.6 Å². The summed E-state index contributed by atoms with van der Waals surface area (Å²) >= 11 is 0. The average molecular weight is 376 g/mol. The third-order valence-electron chi connectivity index (χ3n) is 4.24. The van der Waals surface area contributed by atoms with Gasteiger partial charge in [-0.15, -0.1) is 0 Å². The van der Waals surface area contributed by atoms with Crippen molar-refractivity contribution in [2.45, 2.75) is 24.5 Å². The second-order valence-electron chi connectivity index (χ2n) is 5.89. The van der Waals surface area contributed by atoms with Crippen LogP contribution in [0.1, 0.15) is 27.0 Å². The molecule has 2 aromatic carbocycles. The molecule has 0 fully saturated rings. The van der Waals surface area contributed by atoms with E-state index in [2.05, 4.69) is 14.8 Å². The van der Waals surface area contributed by atoms with Gasteiger partial charge in [0.05, 0.1) is 19.8 Å². The zero-order valence-electron chi connectivity index (χ0n) is 14.5. The van der Waals surface area contributed by atoms with Crippen LogP contribution in [0.15, 0.2) is 41.3 Å². The van der Waals surface area contributed by atoms with Gasteiger partial charge in [0.15, 0.2) is 0 Å². The Hall–Kier alpha value is -2.42. The number of rotatable bonds is 6. The minimum absolute atomic E-state index is 0.0320. The summed E-state index contributed by atoms with van der Waals surface area (Å²) in [6.07, 6.45) is 0. The molecule has 8 heteroatoms. The lowest BCUT2D eigenvalue weighted by Gasteiger charge is -2.12. The number of benzene rings is 2. The van der Waals surface area contributed by atoms with E-state index in [1.807, 2.05) is 18.2 Å². The summed E-state index contributed by atoms with van der Waals surface area (Å²) in [5.41, 5.74) is 3.51. The van der Waals surface area contributed by atoms with Crippen LogP contribution in [-0.4, -0.2) is 28.6 Å². The van der Waals surface area contributed by atoms with E-state index in [9.17, 15) is 13.2 Å². The number of hydrogen-bond donors (Lipinski definition) is 2. The van der Waals surface area contributed by atoms with Crippen LogP contribution in [0.4, 0.5) is 0 Å². The lowest BCUT2D eigenvalue weighted by Crippen LogP contribution is -2.24. The maximum atomic E-state index is 12.7. The van der Waals surface area contributed by atoms with E-state index in [4.69, 9.17) is 4.74 Å². The van der Waals surface area contributed by atoms with Crippen LogP contribution >= 0.6 is 0 Å². The third kappa shape index (κ3) is 3.72. The zero-order chi connectivity index (χ0) is 18.7. The largest absolute Gasteiger partial charge is 0.495 e. The van der Waals surface area contributed by atoms with Gasteiger partial charge in [0.2, 0.25) is 10.0 Å². The fourth-order valence-electron chi connectivity index (χ4n) is 2.85.